The van der Waals surface area contributed by atoms with Crippen LogP contribution in [0.25, 0.3) is 10.2 Å². The number of carbonyl (C=O) groups excluding carboxylic acids is 1. The van der Waals surface area contributed by atoms with Crippen molar-refractivity contribution >= 4 is 44.2 Å². The maximum atomic E-state index is 12.8. The molecule has 3 nitrogen and oxygen atoms in total. The number of fused-ring (bicyclic) bond motifs is 1. The van der Waals surface area contributed by atoms with Crippen LogP contribution >= 0.6 is 22.9 Å². The fraction of sp³-hybridized carbons (Fsp3) is 0.222. The third-order valence-electron chi connectivity index (χ3n) is 4.33. The third kappa shape index (κ3) is 2.62. The molecule has 4 rings (SSSR count). The minimum absolute atomic E-state index is 0.00976. The molecule has 0 spiro atoms. The standard InChI is InChI=1S/C18H15ClN2OS/c1-11-5-6-14-15(9-11)23-17(20-14)21-16(22)18(7-8-18)12-3-2-4-13(19)10-12/h2-6,9-10H,7-8H2,1H3,(H,20,21,22). The maximum absolute atomic E-state index is 12.8. The highest BCUT2D eigenvalue weighted by Gasteiger charge is 2.51. The molecule has 1 amide bonds. The van der Waals surface area contributed by atoms with Crippen molar-refractivity contribution in [2.45, 2.75) is 25.2 Å². The van der Waals surface area contributed by atoms with Crippen molar-refractivity contribution in [2.75, 3.05) is 5.32 Å². The molecule has 1 N–H and O–H groups in total. The fourth-order valence-electron chi connectivity index (χ4n) is 2.86. The Morgan fingerprint density at radius 2 is 2.09 bits per heavy atom. The largest absolute Gasteiger partial charge is 0.301 e. The van der Waals surface area contributed by atoms with Crippen LogP contribution in [-0.4, -0.2) is 10.9 Å². The van der Waals surface area contributed by atoms with Crippen LogP contribution < -0.4 is 5.32 Å². The van der Waals surface area contributed by atoms with Crippen molar-refractivity contribution in [1.82, 2.24) is 4.98 Å². The number of hydrogen-bond acceptors (Lipinski definition) is 3. The number of amides is 1. The maximum Gasteiger partial charge on any atom is 0.236 e. The van der Waals surface area contributed by atoms with E-state index in [-0.39, 0.29) is 5.91 Å². The number of hydrogen-bond donors (Lipinski definition) is 1. The molecule has 1 heterocycles. The van der Waals surface area contributed by atoms with E-state index in [0.29, 0.717) is 10.2 Å². The molecule has 3 aromatic rings. The Labute approximate surface area is 143 Å². The number of aryl methyl sites for hydroxylation is 1. The minimum atomic E-state index is -0.446. The average molecular weight is 343 g/mol. The molecule has 1 aliphatic rings. The summed E-state index contributed by atoms with van der Waals surface area (Å²) in [5.74, 6) is 0.00976. The van der Waals surface area contributed by atoms with Gasteiger partial charge in [-0.15, -0.1) is 0 Å². The summed E-state index contributed by atoms with van der Waals surface area (Å²) in [5, 5.41) is 4.32. The van der Waals surface area contributed by atoms with E-state index in [4.69, 9.17) is 11.6 Å². The number of nitrogens with zero attached hydrogens (tertiary/aromatic N) is 1. The van der Waals surface area contributed by atoms with E-state index < -0.39 is 5.41 Å². The molecule has 1 fully saturated rings. The van der Waals surface area contributed by atoms with Gasteiger partial charge in [-0.1, -0.05) is 41.1 Å². The van der Waals surface area contributed by atoms with E-state index in [1.165, 1.54) is 16.9 Å². The molecule has 0 atom stereocenters. The molecule has 0 saturated heterocycles. The summed E-state index contributed by atoms with van der Waals surface area (Å²) in [6.45, 7) is 2.05. The van der Waals surface area contributed by atoms with Crippen molar-refractivity contribution in [3.63, 3.8) is 0 Å². The highest BCUT2D eigenvalue weighted by atomic mass is 35.5. The Bertz CT molecular complexity index is 914. The normalized spacial score (nSPS) is 15.6. The van der Waals surface area contributed by atoms with Crippen LogP contribution in [0.1, 0.15) is 24.0 Å². The van der Waals surface area contributed by atoms with Gasteiger partial charge in [-0.2, -0.15) is 0 Å². The van der Waals surface area contributed by atoms with Crippen molar-refractivity contribution in [1.29, 1.82) is 0 Å². The zero-order valence-corrected chi connectivity index (χ0v) is 14.2. The molecular formula is C18H15ClN2OS. The summed E-state index contributed by atoms with van der Waals surface area (Å²) in [6, 6.07) is 13.7. The van der Waals surface area contributed by atoms with E-state index in [2.05, 4.69) is 23.3 Å². The Balaban J connectivity index is 1.61. The first-order chi connectivity index (χ1) is 11.1. The summed E-state index contributed by atoms with van der Waals surface area (Å²) in [5.41, 5.74) is 2.65. The van der Waals surface area contributed by atoms with Gasteiger partial charge in [0.2, 0.25) is 5.91 Å². The predicted molar refractivity (Wildman–Crippen MR) is 95.4 cm³/mol. The molecule has 5 heteroatoms. The van der Waals surface area contributed by atoms with Crippen LogP contribution in [0.15, 0.2) is 42.5 Å². The monoisotopic (exact) mass is 342 g/mol. The molecule has 23 heavy (non-hydrogen) atoms. The summed E-state index contributed by atoms with van der Waals surface area (Å²) >= 11 is 7.58. The van der Waals surface area contributed by atoms with E-state index >= 15 is 0 Å². The number of carbonyl (C=O) groups is 1. The molecule has 1 aliphatic carbocycles. The topological polar surface area (TPSA) is 42.0 Å². The summed E-state index contributed by atoms with van der Waals surface area (Å²) in [7, 11) is 0. The van der Waals surface area contributed by atoms with Crippen LogP contribution in [0, 0.1) is 6.92 Å². The van der Waals surface area contributed by atoms with Gasteiger partial charge in [0.05, 0.1) is 15.6 Å². The smallest absolute Gasteiger partial charge is 0.236 e. The van der Waals surface area contributed by atoms with E-state index in [1.807, 2.05) is 36.4 Å². The lowest BCUT2D eigenvalue weighted by atomic mass is 9.95. The molecule has 0 unspecified atom stereocenters. The van der Waals surface area contributed by atoms with Crippen molar-refractivity contribution in [3.05, 3.63) is 58.6 Å². The number of rotatable bonds is 3. The highest BCUT2D eigenvalue weighted by molar-refractivity contribution is 7.22. The van der Waals surface area contributed by atoms with E-state index in [1.54, 1.807) is 0 Å². The zero-order chi connectivity index (χ0) is 16.0. The number of benzene rings is 2. The molecule has 0 aliphatic heterocycles. The van der Waals surface area contributed by atoms with Gasteiger partial charge in [-0.05, 0) is 55.2 Å². The van der Waals surface area contributed by atoms with Crippen LogP contribution in [0.3, 0.4) is 0 Å². The first-order valence-corrected chi connectivity index (χ1v) is 8.71. The molecule has 0 radical (unpaired) electrons. The summed E-state index contributed by atoms with van der Waals surface area (Å²) < 4.78 is 1.09. The summed E-state index contributed by atoms with van der Waals surface area (Å²) in [6.07, 6.45) is 1.70. The van der Waals surface area contributed by atoms with Gasteiger partial charge in [0.1, 0.15) is 0 Å². The second-order valence-electron chi connectivity index (χ2n) is 6.04. The van der Waals surface area contributed by atoms with Crippen molar-refractivity contribution in [2.24, 2.45) is 0 Å². The van der Waals surface area contributed by atoms with Crippen LogP contribution in [0.5, 0.6) is 0 Å². The fourth-order valence-corrected chi connectivity index (χ4v) is 4.01. The van der Waals surface area contributed by atoms with Gasteiger partial charge in [0.25, 0.3) is 0 Å². The van der Waals surface area contributed by atoms with Gasteiger partial charge < -0.3 is 5.32 Å². The summed E-state index contributed by atoms with van der Waals surface area (Å²) in [4.78, 5) is 17.3. The van der Waals surface area contributed by atoms with Crippen LogP contribution in [0.2, 0.25) is 5.02 Å². The van der Waals surface area contributed by atoms with Gasteiger partial charge in [0.15, 0.2) is 5.13 Å². The molecule has 116 valence electrons. The Morgan fingerprint density at radius 3 is 2.83 bits per heavy atom. The Kier molecular flexibility index (Phi) is 3.39. The van der Waals surface area contributed by atoms with Crippen LogP contribution in [-0.2, 0) is 10.2 Å². The number of thiazole rings is 1. The quantitative estimate of drug-likeness (QED) is 0.733. The first-order valence-electron chi connectivity index (χ1n) is 7.52. The second-order valence-corrected chi connectivity index (χ2v) is 7.50. The predicted octanol–water partition coefficient (Wildman–Crippen LogP) is 4.93. The first kappa shape index (κ1) is 14.7. The SMILES string of the molecule is Cc1ccc2nc(NC(=O)C3(c4cccc(Cl)c4)CC3)sc2c1. The highest BCUT2D eigenvalue weighted by Crippen LogP contribution is 2.49. The lowest BCUT2D eigenvalue weighted by molar-refractivity contribution is -0.118. The second kappa shape index (κ2) is 5.32. The molecule has 0 bridgehead atoms. The molecule has 1 saturated carbocycles. The van der Waals surface area contributed by atoms with E-state index in [9.17, 15) is 4.79 Å². The van der Waals surface area contributed by atoms with Crippen LogP contribution in [0.4, 0.5) is 5.13 Å². The number of anilines is 1. The molecule has 1 aromatic heterocycles. The zero-order valence-electron chi connectivity index (χ0n) is 12.6. The van der Waals surface area contributed by atoms with E-state index in [0.717, 1.165) is 28.6 Å². The van der Waals surface area contributed by atoms with Gasteiger partial charge in [-0.25, -0.2) is 4.98 Å². The van der Waals surface area contributed by atoms with Gasteiger partial charge in [0, 0.05) is 5.02 Å². The van der Waals surface area contributed by atoms with Crippen molar-refractivity contribution in [3.8, 4) is 0 Å². The lowest BCUT2D eigenvalue weighted by Crippen LogP contribution is -2.27. The van der Waals surface area contributed by atoms with Gasteiger partial charge in [-0.3, -0.25) is 4.79 Å². The number of nitrogens with one attached hydrogen (secondary N) is 1. The number of halogens is 1. The third-order valence-corrected chi connectivity index (χ3v) is 5.49. The Morgan fingerprint density at radius 1 is 1.26 bits per heavy atom. The van der Waals surface area contributed by atoms with Gasteiger partial charge >= 0.3 is 0 Å². The average Bonchev–Trinajstić information content (AvgIpc) is 3.24. The molecule has 2 aromatic carbocycles. The Hall–Kier alpha value is -1.91. The lowest BCUT2D eigenvalue weighted by Gasteiger charge is -2.14. The minimum Gasteiger partial charge on any atom is -0.301 e. The molecular weight excluding hydrogens is 328 g/mol. The number of aromatic nitrogens is 1. The van der Waals surface area contributed by atoms with Crippen molar-refractivity contribution < 1.29 is 4.79 Å².